The largest absolute Gasteiger partial charge is 0.454 e. The van der Waals surface area contributed by atoms with Crippen LogP contribution in [0.5, 0.6) is 11.5 Å². The molecule has 3 rings (SSSR count). The second-order valence-electron chi connectivity index (χ2n) is 9.91. The molecule has 0 radical (unpaired) electrons. The van der Waals surface area contributed by atoms with Crippen molar-refractivity contribution in [3.05, 3.63) is 23.8 Å². The summed E-state index contributed by atoms with van der Waals surface area (Å²) in [5.41, 5.74) is 1.24. The standard InChI is InChI=1S/C22H35N3O3/c1-21(2,3)15-22(4,5)23-20(26)14-25-10-8-24(9-11-25)13-17-6-7-18-19(12-17)28-16-27-18/h6-7,12H,8-11,13-16H2,1-5H3,(H,23,26). The number of hydrogen-bond acceptors (Lipinski definition) is 5. The first-order valence-electron chi connectivity index (χ1n) is 10.2. The smallest absolute Gasteiger partial charge is 0.234 e. The number of piperazine rings is 1. The van der Waals surface area contributed by atoms with Crippen molar-refractivity contribution in [2.24, 2.45) is 5.41 Å². The Morgan fingerprint density at radius 3 is 2.32 bits per heavy atom. The molecule has 1 saturated heterocycles. The maximum atomic E-state index is 12.5. The van der Waals surface area contributed by atoms with Gasteiger partial charge in [0.15, 0.2) is 11.5 Å². The molecule has 1 fully saturated rings. The molecule has 0 atom stereocenters. The van der Waals surface area contributed by atoms with E-state index in [0.717, 1.165) is 50.6 Å². The first-order valence-corrected chi connectivity index (χ1v) is 10.2. The summed E-state index contributed by atoms with van der Waals surface area (Å²) in [6, 6.07) is 6.15. The topological polar surface area (TPSA) is 54.0 Å². The average molecular weight is 390 g/mol. The van der Waals surface area contributed by atoms with Crippen molar-refractivity contribution in [2.75, 3.05) is 39.5 Å². The second kappa shape index (κ2) is 8.29. The molecule has 0 aromatic heterocycles. The molecule has 6 nitrogen and oxygen atoms in total. The van der Waals surface area contributed by atoms with Crippen molar-refractivity contribution in [1.29, 1.82) is 0 Å². The number of benzene rings is 1. The van der Waals surface area contributed by atoms with E-state index in [1.807, 2.05) is 6.07 Å². The lowest BCUT2D eigenvalue weighted by molar-refractivity contribution is -0.124. The number of carbonyl (C=O) groups is 1. The van der Waals surface area contributed by atoms with Gasteiger partial charge in [-0.3, -0.25) is 14.6 Å². The van der Waals surface area contributed by atoms with E-state index in [2.05, 4.69) is 61.9 Å². The van der Waals surface area contributed by atoms with Crippen molar-refractivity contribution in [3.63, 3.8) is 0 Å². The number of fused-ring (bicyclic) bond motifs is 1. The summed E-state index contributed by atoms with van der Waals surface area (Å²) in [6.45, 7) is 16.3. The number of rotatable bonds is 6. The van der Waals surface area contributed by atoms with Crippen molar-refractivity contribution < 1.29 is 14.3 Å². The van der Waals surface area contributed by atoms with E-state index >= 15 is 0 Å². The Hall–Kier alpha value is -1.79. The van der Waals surface area contributed by atoms with Gasteiger partial charge in [-0.05, 0) is 43.4 Å². The van der Waals surface area contributed by atoms with E-state index in [4.69, 9.17) is 9.47 Å². The highest BCUT2D eigenvalue weighted by Crippen LogP contribution is 2.33. The summed E-state index contributed by atoms with van der Waals surface area (Å²) in [6.07, 6.45) is 0.953. The summed E-state index contributed by atoms with van der Waals surface area (Å²) < 4.78 is 10.8. The molecule has 1 amide bonds. The molecule has 1 aromatic rings. The Morgan fingerprint density at radius 2 is 1.64 bits per heavy atom. The molecule has 0 spiro atoms. The summed E-state index contributed by atoms with van der Waals surface area (Å²) in [5, 5.41) is 3.22. The molecule has 0 bridgehead atoms. The predicted molar refractivity (Wildman–Crippen MR) is 111 cm³/mol. The van der Waals surface area contributed by atoms with E-state index in [1.165, 1.54) is 5.56 Å². The first-order chi connectivity index (χ1) is 13.1. The second-order valence-corrected chi connectivity index (χ2v) is 9.91. The third-order valence-electron chi connectivity index (χ3n) is 5.13. The van der Waals surface area contributed by atoms with Gasteiger partial charge in [0.05, 0.1) is 6.54 Å². The van der Waals surface area contributed by atoms with Crippen LogP contribution in [0.15, 0.2) is 18.2 Å². The minimum Gasteiger partial charge on any atom is -0.454 e. The van der Waals surface area contributed by atoms with Crippen LogP contribution in [0.2, 0.25) is 0 Å². The third kappa shape index (κ3) is 6.11. The number of ether oxygens (including phenoxy) is 2. The third-order valence-corrected chi connectivity index (χ3v) is 5.13. The molecule has 2 aliphatic heterocycles. The molecular weight excluding hydrogens is 354 g/mol. The molecule has 0 aliphatic carbocycles. The fourth-order valence-corrected chi connectivity index (χ4v) is 4.39. The molecule has 0 unspecified atom stereocenters. The van der Waals surface area contributed by atoms with Crippen LogP contribution in [0.1, 0.15) is 46.6 Å². The zero-order valence-corrected chi connectivity index (χ0v) is 18.0. The molecular formula is C22H35N3O3. The van der Waals surface area contributed by atoms with Crippen LogP contribution in [-0.4, -0.2) is 60.8 Å². The Kier molecular flexibility index (Phi) is 6.20. The van der Waals surface area contributed by atoms with Gasteiger partial charge in [0.2, 0.25) is 12.7 Å². The van der Waals surface area contributed by atoms with Crippen LogP contribution < -0.4 is 14.8 Å². The molecule has 156 valence electrons. The van der Waals surface area contributed by atoms with E-state index in [0.29, 0.717) is 13.3 Å². The average Bonchev–Trinajstić information content (AvgIpc) is 3.01. The van der Waals surface area contributed by atoms with Gasteiger partial charge in [-0.15, -0.1) is 0 Å². The monoisotopic (exact) mass is 389 g/mol. The van der Waals surface area contributed by atoms with E-state index < -0.39 is 0 Å². The first kappa shape index (κ1) is 20.9. The van der Waals surface area contributed by atoms with Crippen LogP contribution in [0.3, 0.4) is 0 Å². The van der Waals surface area contributed by atoms with Crippen LogP contribution in [0.4, 0.5) is 0 Å². The molecule has 2 heterocycles. The molecule has 1 N–H and O–H groups in total. The van der Waals surface area contributed by atoms with Gasteiger partial charge < -0.3 is 14.8 Å². The Balaban J connectivity index is 1.42. The van der Waals surface area contributed by atoms with Crippen molar-refractivity contribution in [1.82, 2.24) is 15.1 Å². The summed E-state index contributed by atoms with van der Waals surface area (Å²) in [5.74, 6) is 1.79. The lowest BCUT2D eigenvalue weighted by Crippen LogP contribution is -2.52. The van der Waals surface area contributed by atoms with Crippen molar-refractivity contribution in [3.8, 4) is 11.5 Å². The zero-order chi connectivity index (χ0) is 20.4. The quantitative estimate of drug-likeness (QED) is 0.811. The Bertz CT molecular complexity index is 689. The predicted octanol–water partition coefficient (Wildman–Crippen LogP) is 2.86. The van der Waals surface area contributed by atoms with Crippen LogP contribution >= 0.6 is 0 Å². The number of amides is 1. The summed E-state index contributed by atoms with van der Waals surface area (Å²) in [4.78, 5) is 17.2. The lowest BCUT2D eigenvalue weighted by atomic mass is 9.82. The fourth-order valence-electron chi connectivity index (χ4n) is 4.39. The Labute approximate surface area is 169 Å². The SMILES string of the molecule is CC(C)(C)CC(C)(C)NC(=O)CN1CCN(Cc2ccc3c(c2)OCO3)CC1. The lowest BCUT2D eigenvalue weighted by Gasteiger charge is -2.36. The van der Waals surface area contributed by atoms with Gasteiger partial charge in [0.25, 0.3) is 0 Å². The number of nitrogens with zero attached hydrogens (tertiary/aromatic N) is 2. The maximum absolute atomic E-state index is 12.5. The van der Waals surface area contributed by atoms with E-state index in [-0.39, 0.29) is 16.9 Å². The minimum atomic E-state index is -0.184. The van der Waals surface area contributed by atoms with Gasteiger partial charge in [-0.25, -0.2) is 0 Å². The van der Waals surface area contributed by atoms with Crippen LogP contribution in [0.25, 0.3) is 0 Å². The highest BCUT2D eigenvalue weighted by molar-refractivity contribution is 5.78. The highest BCUT2D eigenvalue weighted by atomic mass is 16.7. The van der Waals surface area contributed by atoms with Crippen LogP contribution in [0, 0.1) is 5.41 Å². The number of carbonyl (C=O) groups excluding carboxylic acids is 1. The number of hydrogen-bond donors (Lipinski definition) is 1. The summed E-state index contributed by atoms with van der Waals surface area (Å²) in [7, 11) is 0. The van der Waals surface area contributed by atoms with Gasteiger partial charge in [-0.1, -0.05) is 26.8 Å². The minimum absolute atomic E-state index is 0.124. The van der Waals surface area contributed by atoms with Gasteiger partial charge in [0, 0.05) is 38.3 Å². The maximum Gasteiger partial charge on any atom is 0.234 e. The Morgan fingerprint density at radius 1 is 1.00 bits per heavy atom. The summed E-state index contributed by atoms with van der Waals surface area (Å²) >= 11 is 0. The van der Waals surface area contributed by atoms with Gasteiger partial charge in [0.1, 0.15) is 0 Å². The van der Waals surface area contributed by atoms with Gasteiger partial charge in [-0.2, -0.15) is 0 Å². The normalized spacial score (nSPS) is 18.3. The number of nitrogens with one attached hydrogen (secondary N) is 1. The molecule has 2 aliphatic rings. The van der Waals surface area contributed by atoms with Crippen molar-refractivity contribution in [2.45, 2.75) is 53.1 Å². The molecule has 28 heavy (non-hydrogen) atoms. The fraction of sp³-hybridized carbons (Fsp3) is 0.682. The molecule has 6 heteroatoms. The molecule has 1 aromatic carbocycles. The van der Waals surface area contributed by atoms with Crippen molar-refractivity contribution >= 4 is 5.91 Å². The zero-order valence-electron chi connectivity index (χ0n) is 18.0. The van der Waals surface area contributed by atoms with Gasteiger partial charge >= 0.3 is 0 Å². The van der Waals surface area contributed by atoms with E-state index in [9.17, 15) is 4.79 Å². The van der Waals surface area contributed by atoms with E-state index in [1.54, 1.807) is 0 Å². The highest BCUT2D eigenvalue weighted by Gasteiger charge is 2.28. The molecule has 0 saturated carbocycles. The van der Waals surface area contributed by atoms with Crippen LogP contribution in [-0.2, 0) is 11.3 Å².